The summed E-state index contributed by atoms with van der Waals surface area (Å²) < 4.78 is 0. The zero-order valence-electron chi connectivity index (χ0n) is 6.46. The highest BCUT2D eigenvalue weighted by atomic mass is 14.7. The normalized spacial score (nSPS) is 20.3. The summed E-state index contributed by atoms with van der Waals surface area (Å²) in [6.07, 6.45) is 6.94. The number of nitrogens with one attached hydrogen (secondary N) is 1. The van der Waals surface area contributed by atoms with E-state index in [9.17, 15) is 0 Å². The minimum atomic E-state index is 0.440. The molecule has 56 valence electrons. The second-order valence-corrected chi connectivity index (χ2v) is 2.33. The highest BCUT2D eigenvalue weighted by Crippen LogP contribution is 2.04. The van der Waals surface area contributed by atoms with Crippen molar-refractivity contribution in [2.24, 2.45) is 4.99 Å². The van der Waals surface area contributed by atoms with Crippen LogP contribution in [0, 0.1) is 5.41 Å². The molecule has 0 amide bonds. The van der Waals surface area contributed by atoms with E-state index in [4.69, 9.17) is 5.41 Å². The van der Waals surface area contributed by atoms with Gasteiger partial charge in [0.2, 0.25) is 0 Å². The van der Waals surface area contributed by atoms with Crippen LogP contribution in [0.15, 0.2) is 41.6 Å². The Kier molecular flexibility index (Phi) is 2.16. The zero-order valence-corrected chi connectivity index (χ0v) is 6.46. The van der Waals surface area contributed by atoms with E-state index >= 15 is 0 Å². The van der Waals surface area contributed by atoms with Crippen molar-refractivity contribution in [1.82, 2.24) is 0 Å². The minimum Gasteiger partial charge on any atom is -0.299 e. The molecule has 0 spiro atoms. The maximum absolute atomic E-state index is 7.43. The van der Waals surface area contributed by atoms with Gasteiger partial charge >= 0.3 is 0 Å². The van der Waals surface area contributed by atoms with Gasteiger partial charge in [-0.05, 0) is 24.6 Å². The molecule has 0 heterocycles. The van der Waals surface area contributed by atoms with Crippen LogP contribution in [-0.4, -0.2) is 11.4 Å². The lowest BCUT2D eigenvalue weighted by Gasteiger charge is -2.04. The van der Waals surface area contributed by atoms with Crippen LogP contribution in [0.2, 0.25) is 0 Å². The molecule has 0 saturated carbocycles. The molecule has 0 aliphatic heterocycles. The molecule has 1 rings (SSSR count). The lowest BCUT2D eigenvalue weighted by atomic mass is 10.1. The Morgan fingerprint density at radius 3 is 2.91 bits per heavy atom. The van der Waals surface area contributed by atoms with Crippen LogP contribution in [-0.2, 0) is 0 Å². The number of aliphatic imine (C=N–C) groups is 1. The van der Waals surface area contributed by atoms with E-state index in [1.165, 1.54) is 6.20 Å². The van der Waals surface area contributed by atoms with Crippen molar-refractivity contribution in [3.63, 3.8) is 0 Å². The Morgan fingerprint density at radius 1 is 1.55 bits per heavy atom. The molecule has 0 radical (unpaired) electrons. The molecule has 2 heteroatoms. The van der Waals surface area contributed by atoms with Crippen LogP contribution < -0.4 is 0 Å². The third-order valence-electron chi connectivity index (χ3n) is 1.38. The summed E-state index contributed by atoms with van der Waals surface area (Å²) >= 11 is 0. The van der Waals surface area contributed by atoms with Gasteiger partial charge in [-0.1, -0.05) is 12.7 Å². The van der Waals surface area contributed by atoms with E-state index in [2.05, 4.69) is 11.6 Å². The van der Waals surface area contributed by atoms with Crippen LogP contribution in [0.5, 0.6) is 0 Å². The molecule has 1 N–H and O–H groups in total. The summed E-state index contributed by atoms with van der Waals surface area (Å²) in [7, 11) is 0. The molecule has 0 atom stereocenters. The topological polar surface area (TPSA) is 36.2 Å². The van der Waals surface area contributed by atoms with Gasteiger partial charge in [-0.15, -0.1) is 0 Å². The second kappa shape index (κ2) is 3.10. The number of hydrogen-bond acceptors (Lipinski definition) is 2. The molecule has 2 nitrogen and oxygen atoms in total. The summed E-state index contributed by atoms with van der Waals surface area (Å²) in [5, 5.41) is 7.43. The van der Waals surface area contributed by atoms with E-state index in [1.54, 1.807) is 6.08 Å². The molecule has 0 aromatic heterocycles. The van der Waals surface area contributed by atoms with E-state index in [0.717, 1.165) is 5.57 Å². The Balaban J connectivity index is 2.99. The number of nitrogens with zero attached hydrogens (tertiary/aromatic N) is 1. The van der Waals surface area contributed by atoms with Gasteiger partial charge < -0.3 is 0 Å². The van der Waals surface area contributed by atoms with Crippen molar-refractivity contribution < 1.29 is 0 Å². The molecule has 0 aromatic carbocycles. The largest absolute Gasteiger partial charge is 0.299 e. The monoisotopic (exact) mass is 146 g/mol. The molecule has 1 aliphatic rings. The number of allylic oxidation sites excluding steroid dienone is 4. The van der Waals surface area contributed by atoms with Crippen molar-refractivity contribution in [1.29, 1.82) is 5.41 Å². The van der Waals surface area contributed by atoms with Crippen LogP contribution in [0.3, 0.4) is 0 Å². The highest BCUT2D eigenvalue weighted by molar-refractivity contribution is 6.50. The standard InChI is InChI=1S/C9H10N2/c1-3-11-9-6-7(2)4-5-8(9)10/h3-6,10H,1H2,2H3. The lowest BCUT2D eigenvalue weighted by Crippen LogP contribution is -2.10. The summed E-state index contributed by atoms with van der Waals surface area (Å²) in [6, 6.07) is 0. The Morgan fingerprint density at radius 2 is 2.27 bits per heavy atom. The van der Waals surface area contributed by atoms with Gasteiger partial charge in [0.05, 0.1) is 11.4 Å². The fourth-order valence-corrected chi connectivity index (χ4v) is 0.847. The van der Waals surface area contributed by atoms with Crippen molar-refractivity contribution in [3.05, 3.63) is 36.6 Å². The SMILES string of the molecule is C=CN=C1C=C(C)C=CC1=N. The Labute approximate surface area is 66.2 Å². The molecular weight excluding hydrogens is 136 g/mol. The van der Waals surface area contributed by atoms with Gasteiger partial charge in [0.25, 0.3) is 0 Å². The van der Waals surface area contributed by atoms with Crippen molar-refractivity contribution >= 4 is 11.4 Å². The Bertz CT molecular complexity index is 280. The smallest absolute Gasteiger partial charge is 0.0881 e. The van der Waals surface area contributed by atoms with Crippen molar-refractivity contribution in [3.8, 4) is 0 Å². The van der Waals surface area contributed by atoms with Gasteiger partial charge in [-0.2, -0.15) is 0 Å². The number of hydrogen-bond donors (Lipinski definition) is 1. The summed E-state index contributed by atoms with van der Waals surface area (Å²) in [5.74, 6) is 0. The van der Waals surface area contributed by atoms with Crippen molar-refractivity contribution in [2.45, 2.75) is 6.92 Å². The first-order valence-corrected chi connectivity index (χ1v) is 3.38. The first-order valence-electron chi connectivity index (χ1n) is 3.38. The fraction of sp³-hybridized carbons (Fsp3) is 0.111. The molecule has 11 heavy (non-hydrogen) atoms. The summed E-state index contributed by atoms with van der Waals surface area (Å²) in [6.45, 7) is 5.45. The third-order valence-corrected chi connectivity index (χ3v) is 1.38. The fourth-order valence-electron chi connectivity index (χ4n) is 0.847. The average Bonchev–Trinajstić information content (AvgIpc) is 1.98. The maximum atomic E-state index is 7.43. The van der Waals surface area contributed by atoms with Crippen LogP contribution in [0.4, 0.5) is 0 Å². The molecule has 0 fully saturated rings. The van der Waals surface area contributed by atoms with Gasteiger partial charge in [0.15, 0.2) is 0 Å². The van der Waals surface area contributed by atoms with Crippen LogP contribution in [0.1, 0.15) is 6.92 Å². The van der Waals surface area contributed by atoms with E-state index in [-0.39, 0.29) is 0 Å². The first-order chi connectivity index (χ1) is 5.24. The molecule has 1 aliphatic carbocycles. The third kappa shape index (κ3) is 1.74. The molecule has 0 bridgehead atoms. The van der Waals surface area contributed by atoms with E-state index in [1.807, 2.05) is 19.1 Å². The Hall–Kier alpha value is -1.44. The van der Waals surface area contributed by atoms with E-state index < -0.39 is 0 Å². The average molecular weight is 146 g/mol. The van der Waals surface area contributed by atoms with Gasteiger partial charge in [-0.3, -0.25) is 10.4 Å². The van der Waals surface area contributed by atoms with Crippen LogP contribution in [0.25, 0.3) is 0 Å². The van der Waals surface area contributed by atoms with Gasteiger partial charge in [0.1, 0.15) is 0 Å². The lowest BCUT2D eigenvalue weighted by molar-refractivity contribution is 1.47. The molecule has 0 saturated heterocycles. The minimum absolute atomic E-state index is 0.440. The second-order valence-electron chi connectivity index (χ2n) is 2.33. The highest BCUT2D eigenvalue weighted by Gasteiger charge is 2.03. The summed E-state index contributed by atoms with van der Waals surface area (Å²) in [5.41, 5.74) is 2.23. The predicted molar refractivity (Wildman–Crippen MR) is 48.3 cm³/mol. The summed E-state index contributed by atoms with van der Waals surface area (Å²) in [4.78, 5) is 3.94. The predicted octanol–water partition coefficient (Wildman–Crippen LogP) is 2.11. The quantitative estimate of drug-likeness (QED) is 0.550. The van der Waals surface area contributed by atoms with Crippen molar-refractivity contribution in [2.75, 3.05) is 0 Å². The zero-order chi connectivity index (χ0) is 8.27. The van der Waals surface area contributed by atoms with Crippen LogP contribution >= 0.6 is 0 Å². The maximum Gasteiger partial charge on any atom is 0.0881 e. The molecule has 0 unspecified atom stereocenters. The molecular formula is C9H10N2. The van der Waals surface area contributed by atoms with Gasteiger partial charge in [-0.25, -0.2) is 0 Å². The van der Waals surface area contributed by atoms with Gasteiger partial charge in [0, 0.05) is 6.20 Å². The number of rotatable bonds is 1. The molecule has 0 aromatic rings. The first kappa shape index (κ1) is 7.66. The van der Waals surface area contributed by atoms with E-state index in [0.29, 0.717) is 11.4 Å².